The largest absolute Gasteiger partial charge is 0.303 e. The van der Waals surface area contributed by atoms with Gasteiger partial charge in [0.1, 0.15) is 17.1 Å². The number of carbonyl (C=O) groups is 1. The predicted octanol–water partition coefficient (Wildman–Crippen LogP) is 5.69. The van der Waals surface area contributed by atoms with Crippen molar-refractivity contribution in [1.29, 1.82) is 0 Å². The van der Waals surface area contributed by atoms with Crippen molar-refractivity contribution >= 4 is 17.6 Å². The minimum absolute atomic E-state index is 0.0546. The molecule has 0 bridgehead atoms. The third kappa shape index (κ3) is 3.55. The molecule has 0 aliphatic heterocycles. The van der Waals surface area contributed by atoms with Gasteiger partial charge in [-0.2, -0.15) is 0 Å². The molecular formula is C24H18FN3OS. The lowest BCUT2D eigenvalue weighted by Crippen LogP contribution is -2.12. The Bertz CT molecular complexity index is 1220. The second-order valence-electron chi connectivity index (χ2n) is 7.36. The van der Waals surface area contributed by atoms with E-state index in [9.17, 15) is 9.18 Å². The third-order valence-corrected chi connectivity index (χ3v) is 6.49. The van der Waals surface area contributed by atoms with Crippen LogP contribution in [0.1, 0.15) is 30.0 Å². The SMILES string of the molecule is O=CC1CCCc2nc(-c3ncc(-c4cc(F)cc(-c5ccncc5)c4)s3)ccc21. The summed E-state index contributed by atoms with van der Waals surface area (Å²) >= 11 is 1.49. The Kier molecular flexibility index (Phi) is 4.93. The molecule has 1 unspecified atom stereocenters. The maximum atomic E-state index is 14.3. The standard InChI is InChI=1S/C24H18FN3OS/c25-19-11-17(15-6-8-26-9-7-15)10-18(12-19)23-13-27-24(30-23)22-5-4-20-16(14-29)2-1-3-21(20)28-22/h4-14,16H,1-3H2. The lowest BCUT2D eigenvalue weighted by molar-refractivity contribution is -0.109. The first kappa shape index (κ1) is 18.8. The summed E-state index contributed by atoms with van der Waals surface area (Å²) in [6, 6.07) is 12.7. The van der Waals surface area contributed by atoms with E-state index in [1.54, 1.807) is 18.6 Å². The van der Waals surface area contributed by atoms with E-state index in [4.69, 9.17) is 4.98 Å². The molecule has 4 nitrogen and oxygen atoms in total. The topological polar surface area (TPSA) is 55.7 Å². The Balaban J connectivity index is 1.49. The van der Waals surface area contributed by atoms with E-state index in [-0.39, 0.29) is 11.7 Å². The fraction of sp³-hybridized carbons (Fsp3) is 0.167. The van der Waals surface area contributed by atoms with Crippen LogP contribution < -0.4 is 0 Å². The number of halogens is 1. The Morgan fingerprint density at radius 1 is 1.03 bits per heavy atom. The highest BCUT2D eigenvalue weighted by Gasteiger charge is 2.21. The summed E-state index contributed by atoms with van der Waals surface area (Å²) in [4.78, 5) is 25.5. The van der Waals surface area contributed by atoms with Gasteiger partial charge in [-0.1, -0.05) is 6.07 Å². The quantitative estimate of drug-likeness (QED) is 0.402. The predicted molar refractivity (Wildman–Crippen MR) is 116 cm³/mol. The van der Waals surface area contributed by atoms with Crippen LogP contribution in [0.5, 0.6) is 0 Å². The molecule has 30 heavy (non-hydrogen) atoms. The van der Waals surface area contributed by atoms with Gasteiger partial charge in [0.15, 0.2) is 0 Å². The summed E-state index contributed by atoms with van der Waals surface area (Å²) in [7, 11) is 0. The van der Waals surface area contributed by atoms with E-state index < -0.39 is 0 Å². The summed E-state index contributed by atoms with van der Waals surface area (Å²) in [6.45, 7) is 0. The van der Waals surface area contributed by atoms with Crippen LogP contribution >= 0.6 is 11.3 Å². The zero-order chi connectivity index (χ0) is 20.5. The van der Waals surface area contributed by atoms with E-state index in [0.29, 0.717) is 0 Å². The molecule has 5 rings (SSSR count). The van der Waals surface area contributed by atoms with Gasteiger partial charge in [-0.25, -0.2) is 14.4 Å². The van der Waals surface area contributed by atoms with Crippen LogP contribution in [0.15, 0.2) is 61.1 Å². The van der Waals surface area contributed by atoms with Crippen molar-refractivity contribution in [3.8, 4) is 32.3 Å². The third-order valence-electron chi connectivity index (χ3n) is 5.42. The van der Waals surface area contributed by atoms with Crippen LogP contribution in [0, 0.1) is 5.82 Å². The number of nitrogens with zero attached hydrogens (tertiary/aromatic N) is 3. The molecule has 0 radical (unpaired) electrons. The van der Waals surface area contributed by atoms with Gasteiger partial charge in [0.2, 0.25) is 0 Å². The van der Waals surface area contributed by atoms with Gasteiger partial charge in [-0.05, 0) is 77.9 Å². The number of aromatic nitrogens is 3. The molecule has 4 aromatic rings. The van der Waals surface area contributed by atoms with E-state index in [2.05, 4.69) is 9.97 Å². The zero-order valence-corrected chi connectivity index (χ0v) is 16.9. The Morgan fingerprint density at radius 2 is 1.87 bits per heavy atom. The molecule has 0 saturated heterocycles. The first-order chi connectivity index (χ1) is 14.7. The van der Waals surface area contributed by atoms with Crippen molar-refractivity contribution in [2.45, 2.75) is 25.2 Å². The number of hydrogen-bond donors (Lipinski definition) is 0. The van der Waals surface area contributed by atoms with Crippen LogP contribution in [-0.2, 0) is 11.2 Å². The number of pyridine rings is 2. The average molecular weight is 415 g/mol. The second-order valence-corrected chi connectivity index (χ2v) is 8.39. The number of hydrogen-bond acceptors (Lipinski definition) is 5. The molecule has 0 N–H and O–H groups in total. The molecule has 1 atom stereocenters. The van der Waals surface area contributed by atoms with Crippen LogP contribution in [0.4, 0.5) is 4.39 Å². The first-order valence-corrected chi connectivity index (χ1v) is 10.7. The van der Waals surface area contributed by atoms with E-state index in [0.717, 1.165) is 69.1 Å². The van der Waals surface area contributed by atoms with E-state index in [1.807, 2.05) is 30.3 Å². The van der Waals surface area contributed by atoms with Gasteiger partial charge in [-0.15, -0.1) is 11.3 Å². The fourth-order valence-electron chi connectivity index (χ4n) is 3.92. The smallest absolute Gasteiger partial charge is 0.142 e. The summed E-state index contributed by atoms with van der Waals surface area (Å²) < 4.78 is 14.3. The van der Waals surface area contributed by atoms with Crippen LogP contribution in [0.2, 0.25) is 0 Å². The number of fused-ring (bicyclic) bond motifs is 1. The second kappa shape index (κ2) is 7.88. The number of rotatable bonds is 4. The molecule has 0 saturated carbocycles. The Labute approximate surface area is 177 Å². The lowest BCUT2D eigenvalue weighted by atomic mass is 9.86. The molecule has 0 spiro atoms. The molecule has 1 aromatic carbocycles. The number of benzene rings is 1. The summed E-state index contributed by atoms with van der Waals surface area (Å²) in [5, 5.41) is 0.788. The van der Waals surface area contributed by atoms with Crippen LogP contribution in [0.3, 0.4) is 0 Å². The summed E-state index contributed by atoms with van der Waals surface area (Å²) in [5.41, 5.74) is 5.31. The normalized spacial score (nSPS) is 15.6. The minimum Gasteiger partial charge on any atom is -0.303 e. The van der Waals surface area contributed by atoms with E-state index >= 15 is 0 Å². The summed E-state index contributed by atoms with van der Waals surface area (Å²) in [5.74, 6) is -0.345. The molecule has 3 aromatic heterocycles. The van der Waals surface area contributed by atoms with Crippen molar-refractivity contribution in [2.24, 2.45) is 0 Å². The Hall–Kier alpha value is -3.25. The van der Waals surface area contributed by atoms with Gasteiger partial charge >= 0.3 is 0 Å². The first-order valence-electron chi connectivity index (χ1n) is 9.84. The van der Waals surface area contributed by atoms with Gasteiger partial charge in [0.25, 0.3) is 0 Å². The molecule has 148 valence electrons. The van der Waals surface area contributed by atoms with Crippen molar-refractivity contribution in [2.75, 3.05) is 0 Å². The zero-order valence-electron chi connectivity index (χ0n) is 16.1. The van der Waals surface area contributed by atoms with E-state index in [1.165, 1.54) is 23.5 Å². The minimum atomic E-state index is -0.291. The van der Waals surface area contributed by atoms with Gasteiger partial charge in [-0.3, -0.25) is 4.98 Å². The van der Waals surface area contributed by atoms with Crippen LogP contribution in [0.25, 0.3) is 32.3 Å². The number of aryl methyl sites for hydroxylation is 1. The molecule has 3 heterocycles. The molecule has 1 aliphatic rings. The van der Waals surface area contributed by atoms with Crippen molar-refractivity contribution in [1.82, 2.24) is 15.0 Å². The maximum Gasteiger partial charge on any atom is 0.142 e. The molecule has 1 aliphatic carbocycles. The van der Waals surface area contributed by atoms with Crippen molar-refractivity contribution in [3.63, 3.8) is 0 Å². The van der Waals surface area contributed by atoms with Crippen molar-refractivity contribution in [3.05, 3.63) is 78.1 Å². The molecular weight excluding hydrogens is 397 g/mol. The maximum absolute atomic E-state index is 14.3. The monoisotopic (exact) mass is 415 g/mol. The van der Waals surface area contributed by atoms with Gasteiger partial charge < -0.3 is 4.79 Å². The van der Waals surface area contributed by atoms with Gasteiger partial charge in [0, 0.05) is 30.2 Å². The van der Waals surface area contributed by atoms with Crippen molar-refractivity contribution < 1.29 is 9.18 Å². The highest BCUT2D eigenvalue weighted by molar-refractivity contribution is 7.18. The van der Waals surface area contributed by atoms with Gasteiger partial charge in [0.05, 0.1) is 10.6 Å². The highest BCUT2D eigenvalue weighted by atomic mass is 32.1. The average Bonchev–Trinajstić information content (AvgIpc) is 3.29. The highest BCUT2D eigenvalue weighted by Crippen LogP contribution is 2.36. The molecule has 6 heteroatoms. The summed E-state index contributed by atoms with van der Waals surface area (Å²) in [6.07, 6.45) is 8.91. The number of thiazole rings is 1. The molecule has 0 amide bonds. The number of carbonyl (C=O) groups excluding carboxylic acids is 1. The lowest BCUT2D eigenvalue weighted by Gasteiger charge is -2.20. The Morgan fingerprint density at radius 3 is 2.70 bits per heavy atom. The van der Waals surface area contributed by atoms with Crippen LogP contribution in [-0.4, -0.2) is 21.2 Å². The fourth-order valence-corrected chi connectivity index (χ4v) is 4.80. The number of aldehydes is 1. The molecule has 0 fully saturated rings.